The molecule has 1 fully saturated rings. The van der Waals surface area contributed by atoms with E-state index in [1.165, 1.54) is 11.1 Å². The fourth-order valence-electron chi connectivity index (χ4n) is 1.70. The summed E-state index contributed by atoms with van der Waals surface area (Å²) >= 11 is 4.17. The minimum atomic E-state index is -0.0341. The Bertz CT molecular complexity index is 498. The molecule has 2 rings (SSSR count). The van der Waals surface area contributed by atoms with Crippen molar-refractivity contribution in [1.82, 2.24) is 9.97 Å². The van der Waals surface area contributed by atoms with Crippen LogP contribution in [-0.4, -0.2) is 28.2 Å². The van der Waals surface area contributed by atoms with Gasteiger partial charge in [0, 0.05) is 13.0 Å². The lowest BCUT2D eigenvalue weighted by atomic mass is 10.1. The van der Waals surface area contributed by atoms with Gasteiger partial charge in [0.05, 0.1) is 6.20 Å². The summed E-state index contributed by atoms with van der Waals surface area (Å²) in [5.74, 6) is 1.18. The van der Waals surface area contributed by atoms with Crippen LogP contribution in [0.3, 0.4) is 0 Å². The third-order valence-electron chi connectivity index (χ3n) is 2.63. The SMILES string of the molecule is N#Cc1cnc(N2CC(CS)CC2=O)nc1N. The van der Waals surface area contributed by atoms with Gasteiger partial charge in [-0.15, -0.1) is 0 Å². The summed E-state index contributed by atoms with van der Waals surface area (Å²) in [7, 11) is 0. The maximum atomic E-state index is 11.7. The van der Waals surface area contributed by atoms with Crippen LogP contribution in [0.4, 0.5) is 11.8 Å². The number of carbonyl (C=O) groups excluding carboxylic acids is 1. The molecule has 1 aliphatic heterocycles. The Hall–Kier alpha value is -1.81. The first-order valence-electron chi connectivity index (χ1n) is 5.09. The normalized spacial score (nSPS) is 19.4. The monoisotopic (exact) mass is 249 g/mol. The molecule has 2 N–H and O–H groups in total. The largest absolute Gasteiger partial charge is 0.382 e. The van der Waals surface area contributed by atoms with Crippen molar-refractivity contribution < 1.29 is 4.79 Å². The summed E-state index contributed by atoms with van der Waals surface area (Å²) in [6, 6.07) is 1.88. The second kappa shape index (κ2) is 4.59. The molecule has 1 aliphatic rings. The zero-order chi connectivity index (χ0) is 12.4. The average Bonchev–Trinajstić information content (AvgIpc) is 2.70. The Morgan fingerprint density at radius 3 is 3.00 bits per heavy atom. The summed E-state index contributed by atoms with van der Waals surface area (Å²) in [4.78, 5) is 21.1. The van der Waals surface area contributed by atoms with Gasteiger partial charge in [0.25, 0.3) is 0 Å². The van der Waals surface area contributed by atoms with Gasteiger partial charge in [-0.3, -0.25) is 9.69 Å². The van der Waals surface area contributed by atoms with E-state index in [9.17, 15) is 4.79 Å². The van der Waals surface area contributed by atoms with Crippen molar-refractivity contribution in [3.8, 4) is 6.07 Å². The van der Waals surface area contributed by atoms with Gasteiger partial charge in [-0.25, -0.2) is 4.98 Å². The van der Waals surface area contributed by atoms with Crippen LogP contribution in [0.2, 0.25) is 0 Å². The quantitative estimate of drug-likeness (QED) is 0.731. The highest BCUT2D eigenvalue weighted by Crippen LogP contribution is 2.23. The minimum Gasteiger partial charge on any atom is -0.382 e. The van der Waals surface area contributed by atoms with Crippen molar-refractivity contribution in [2.24, 2.45) is 5.92 Å². The first-order chi connectivity index (χ1) is 8.15. The molecule has 1 amide bonds. The highest BCUT2D eigenvalue weighted by molar-refractivity contribution is 7.80. The van der Waals surface area contributed by atoms with Gasteiger partial charge >= 0.3 is 0 Å². The van der Waals surface area contributed by atoms with E-state index in [4.69, 9.17) is 11.0 Å². The van der Waals surface area contributed by atoms with Gasteiger partial charge in [-0.05, 0) is 11.7 Å². The van der Waals surface area contributed by atoms with Crippen LogP contribution >= 0.6 is 12.6 Å². The van der Waals surface area contributed by atoms with Gasteiger partial charge in [0.15, 0.2) is 0 Å². The first-order valence-corrected chi connectivity index (χ1v) is 5.72. The summed E-state index contributed by atoms with van der Waals surface area (Å²) in [6.07, 6.45) is 1.78. The molecule has 0 saturated carbocycles. The van der Waals surface area contributed by atoms with Crippen LogP contribution in [-0.2, 0) is 4.79 Å². The second-order valence-electron chi connectivity index (χ2n) is 3.84. The Morgan fingerprint density at radius 2 is 2.47 bits per heavy atom. The van der Waals surface area contributed by atoms with Gasteiger partial charge in [0.1, 0.15) is 17.5 Å². The third-order valence-corrected chi connectivity index (χ3v) is 3.15. The van der Waals surface area contributed by atoms with E-state index in [-0.39, 0.29) is 29.2 Å². The second-order valence-corrected chi connectivity index (χ2v) is 4.20. The zero-order valence-electron chi connectivity index (χ0n) is 9.00. The van der Waals surface area contributed by atoms with Crippen molar-refractivity contribution in [1.29, 1.82) is 5.26 Å². The topological polar surface area (TPSA) is 95.9 Å². The maximum Gasteiger partial charge on any atom is 0.234 e. The third kappa shape index (κ3) is 2.17. The molecule has 1 aromatic rings. The van der Waals surface area contributed by atoms with Crippen molar-refractivity contribution in [2.75, 3.05) is 22.9 Å². The Balaban J connectivity index is 2.27. The number of hydrogen-bond donors (Lipinski definition) is 2. The predicted octanol–water partition coefficient (Wildman–Crippen LogP) is 0.213. The van der Waals surface area contributed by atoms with Gasteiger partial charge in [0.2, 0.25) is 11.9 Å². The Morgan fingerprint density at radius 1 is 1.71 bits per heavy atom. The van der Waals surface area contributed by atoms with E-state index >= 15 is 0 Å². The lowest BCUT2D eigenvalue weighted by Crippen LogP contribution is -2.27. The number of thiol groups is 1. The summed E-state index contributed by atoms with van der Waals surface area (Å²) in [6.45, 7) is 0.549. The lowest BCUT2D eigenvalue weighted by molar-refractivity contribution is -0.117. The first kappa shape index (κ1) is 11.7. The molecule has 1 aromatic heterocycles. The number of nitrogen functional groups attached to an aromatic ring is 1. The van der Waals surface area contributed by atoms with Crippen molar-refractivity contribution in [2.45, 2.75) is 6.42 Å². The van der Waals surface area contributed by atoms with Crippen LogP contribution in [0.15, 0.2) is 6.20 Å². The molecule has 0 bridgehead atoms. The van der Waals surface area contributed by atoms with Gasteiger partial charge in [-0.1, -0.05) is 0 Å². The van der Waals surface area contributed by atoms with Crippen molar-refractivity contribution >= 4 is 30.3 Å². The number of amides is 1. The van der Waals surface area contributed by atoms with E-state index in [1.54, 1.807) is 0 Å². The van der Waals surface area contributed by atoms with Crippen molar-refractivity contribution in [3.63, 3.8) is 0 Å². The number of nitrogens with zero attached hydrogens (tertiary/aromatic N) is 4. The fourth-order valence-corrected chi connectivity index (χ4v) is 1.94. The number of nitriles is 1. The summed E-state index contributed by atoms with van der Waals surface area (Å²) in [5.41, 5.74) is 5.80. The maximum absolute atomic E-state index is 11.7. The molecule has 2 heterocycles. The minimum absolute atomic E-state index is 0.0341. The average molecular weight is 249 g/mol. The van der Waals surface area contributed by atoms with E-state index in [1.807, 2.05) is 6.07 Å². The van der Waals surface area contributed by atoms with Gasteiger partial charge in [-0.2, -0.15) is 22.9 Å². The van der Waals surface area contributed by atoms with E-state index in [0.717, 1.165) is 0 Å². The van der Waals surface area contributed by atoms with E-state index < -0.39 is 0 Å². The van der Waals surface area contributed by atoms with Crippen LogP contribution in [0.25, 0.3) is 0 Å². The number of hydrogen-bond acceptors (Lipinski definition) is 6. The fraction of sp³-hybridized carbons (Fsp3) is 0.400. The van der Waals surface area contributed by atoms with Crippen LogP contribution < -0.4 is 10.6 Å². The number of rotatable bonds is 2. The predicted molar refractivity (Wildman–Crippen MR) is 65.5 cm³/mol. The molecule has 1 atom stereocenters. The van der Waals surface area contributed by atoms with E-state index in [0.29, 0.717) is 18.7 Å². The van der Waals surface area contributed by atoms with Gasteiger partial charge < -0.3 is 5.73 Å². The molecule has 1 unspecified atom stereocenters. The number of nitrogens with two attached hydrogens (primary N) is 1. The highest BCUT2D eigenvalue weighted by atomic mass is 32.1. The molecule has 88 valence electrons. The van der Waals surface area contributed by atoms with E-state index in [2.05, 4.69) is 22.6 Å². The lowest BCUT2D eigenvalue weighted by Gasteiger charge is -2.14. The van der Waals surface area contributed by atoms with Crippen molar-refractivity contribution in [3.05, 3.63) is 11.8 Å². The molecule has 7 heteroatoms. The molecular formula is C10H11N5OS. The van der Waals surface area contributed by atoms with Crippen LogP contribution in [0.1, 0.15) is 12.0 Å². The molecule has 0 radical (unpaired) electrons. The molecule has 17 heavy (non-hydrogen) atoms. The van der Waals surface area contributed by atoms with Crippen LogP contribution in [0.5, 0.6) is 0 Å². The highest BCUT2D eigenvalue weighted by Gasteiger charge is 2.31. The number of anilines is 2. The number of carbonyl (C=O) groups is 1. The molecule has 0 spiro atoms. The van der Waals surface area contributed by atoms with Crippen LogP contribution in [0, 0.1) is 17.2 Å². The smallest absolute Gasteiger partial charge is 0.234 e. The number of aromatic nitrogens is 2. The molecular weight excluding hydrogens is 238 g/mol. The summed E-state index contributed by atoms with van der Waals surface area (Å²) < 4.78 is 0. The molecule has 0 aliphatic carbocycles. The summed E-state index contributed by atoms with van der Waals surface area (Å²) in [5, 5.41) is 8.71. The molecule has 0 aromatic carbocycles. The Kier molecular flexibility index (Phi) is 3.15. The Labute approximate surface area is 104 Å². The standard InChI is InChI=1S/C10H11N5OS/c11-2-7-3-13-10(14-9(7)12)15-4-6(5-17)1-8(15)16/h3,6,17H,1,4-5H2,(H2,12,13,14). The molecule has 1 saturated heterocycles. The molecule has 6 nitrogen and oxygen atoms in total. The zero-order valence-corrected chi connectivity index (χ0v) is 9.89.